The smallest absolute Gasteiger partial charge is 0.227 e. The second kappa shape index (κ2) is 30.1. The molecule has 0 saturated carbocycles. The normalized spacial score (nSPS) is 19.1. The van der Waals surface area contributed by atoms with Crippen molar-refractivity contribution < 1.29 is 18.4 Å². The lowest BCUT2D eigenvalue weighted by molar-refractivity contribution is -0.131. The fourth-order valence-electron chi connectivity index (χ4n) is 12.5. The monoisotopic (exact) mass is 1300 g/mol. The Morgan fingerprint density at radius 3 is 1.51 bits per heavy atom. The number of anilines is 3. The summed E-state index contributed by atoms with van der Waals surface area (Å²) in [5.74, 6) is 2.97. The molecular formula is C72H109ClN12O4Si2. The number of nitrogens with one attached hydrogen (secondary N) is 1. The Bertz CT molecular complexity index is 3370. The molecule has 16 nitrogen and oxygen atoms in total. The van der Waals surface area contributed by atoms with Crippen molar-refractivity contribution in [2.45, 2.75) is 221 Å². The van der Waals surface area contributed by atoms with Crippen molar-refractivity contribution in [3.05, 3.63) is 113 Å². The largest absolute Gasteiger partial charge is 0.415 e. The van der Waals surface area contributed by atoms with Crippen LogP contribution in [-0.4, -0.2) is 117 Å². The number of aryl methyl sites for hydroxylation is 2. The number of carbonyl (C=O) groups is 2. The molecule has 4 unspecified atom stereocenters. The minimum atomic E-state index is -1.78. The molecule has 2 saturated heterocycles. The maximum Gasteiger partial charge on any atom is 0.227 e. The van der Waals surface area contributed by atoms with Crippen LogP contribution in [0.1, 0.15) is 181 Å². The number of fused-ring (bicyclic) bond motifs is 2. The van der Waals surface area contributed by atoms with E-state index >= 15 is 0 Å². The van der Waals surface area contributed by atoms with Gasteiger partial charge >= 0.3 is 0 Å². The third-order valence-electron chi connectivity index (χ3n) is 20.6. The number of nitrogens with two attached hydrogens (primary N) is 1. The average molecular weight is 1300 g/mol. The van der Waals surface area contributed by atoms with Crippen LogP contribution in [0.15, 0.2) is 85.7 Å². The number of benzene rings is 2. The molecule has 2 amide bonds. The van der Waals surface area contributed by atoms with Gasteiger partial charge in [0.1, 0.15) is 0 Å². The zero-order valence-corrected chi connectivity index (χ0v) is 60.9. The number of aromatic nitrogens is 8. The van der Waals surface area contributed by atoms with Crippen LogP contribution < -0.4 is 11.1 Å². The molecule has 0 spiro atoms. The molecule has 6 heterocycles. The average Bonchev–Trinajstić information content (AvgIpc) is 2.34. The minimum absolute atomic E-state index is 0.188. The lowest BCUT2D eigenvalue weighted by Gasteiger charge is -2.36. The highest BCUT2D eigenvalue weighted by atomic mass is 35.5. The van der Waals surface area contributed by atoms with Crippen LogP contribution >= 0.6 is 11.6 Å². The van der Waals surface area contributed by atoms with Crippen molar-refractivity contribution in [3.8, 4) is 22.5 Å². The molecule has 6 aromatic rings. The van der Waals surface area contributed by atoms with Gasteiger partial charge in [-0.2, -0.15) is 10.2 Å². The molecule has 2 aliphatic heterocycles. The molecule has 2 fully saturated rings. The number of amides is 2. The van der Waals surface area contributed by atoms with E-state index in [9.17, 15) is 9.59 Å². The van der Waals surface area contributed by atoms with E-state index in [0.717, 1.165) is 112 Å². The van der Waals surface area contributed by atoms with Crippen molar-refractivity contribution in [1.29, 1.82) is 0 Å². The summed E-state index contributed by atoms with van der Waals surface area (Å²) in [7, 11) is -3.41. The Kier molecular flexibility index (Phi) is 23.5. The quantitative estimate of drug-likeness (QED) is 0.0532. The maximum absolute atomic E-state index is 13.4. The lowest BCUT2D eigenvalue weighted by atomic mass is 9.80. The summed E-state index contributed by atoms with van der Waals surface area (Å²) in [5, 5.41) is 12.7. The topological polar surface area (TPSA) is 184 Å². The second-order valence-corrected chi connectivity index (χ2v) is 41.3. The number of likely N-dealkylation sites (tertiary alicyclic amines) is 2. The van der Waals surface area contributed by atoms with Crippen LogP contribution in [0.5, 0.6) is 0 Å². The van der Waals surface area contributed by atoms with Crippen LogP contribution in [0.3, 0.4) is 0 Å². The molecule has 2 aliphatic carbocycles. The number of nitrogens with zero attached hydrogens (tertiary/aromatic N) is 10. The van der Waals surface area contributed by atoms with Gasteiger partial charge in [0.2, 0.25) is 23.0 Å². The van der Waals surface area contributed by atoms with Gasteiger partial charge in [-0.3, -0.25) is 19.0 Å². The summed E-state index contributed by atoms with van der Waals surface area (Å²) in [5.41, 5.74) is 16.9. The number of rotatable bonds is 16. The van der Waals surface area contributed by atoms with Crippen LogP contribution in [-0.2, 0) is 44.4 Å². The second-order valence-electron chi connectivity index (χ2n) is 31.4. The van der Waals surface area contributed by atoms with Gasteiger partial charge in [-0.1, -0.05) is 120 Å². The fourth-order valence-corrected chi connectivity index (χ4v) is 14.7. The van der Waals surface area contributed by atoms with Gasteiger partial charge in [0, 0.05) is 74.9 Å². The summed E-state index contributed by atoms with van der Waals surface area (Å²) in [6, 6.07) is 17.1. The fraction of sp³-hybridized carbons (Fsp3) is 0.611. The molecule has 19 heteroatoms. The van der Waals surface area contributed by atoms with Gasteiger partial charge in [-0.25, -0.2) is 19.9 Å². The first-order valence-corrected chi connectivity index (χ1v) is 39.9. The standard InChI is InChI=1S/C36H54N6O2Si.C25H32ClN3O.C11H23N3OSi/c1-35(2,3)29-16-18-41(24-29)33(43)22-27-12-10-9-11-26-21-28(13-14-31(26)27)32-15-17-37-34(40-32)39-30-23-38-42(25-30)19-20-44-45(7,8)36(4,5)6;1-25(2,3)20-11-13-29(16-20)23(30)15-18-7-5-4-6-17-14-19(8-9-21(17)18)22-10-12-27-24(26)28-22;1-11(2,3)16(4,5)15-7-6-14-9-10(12)8-13-14/h13-15,17,21,23,25,27,29H,9-12,16,18-20,22,24H2,1-8H3,(H,37,39,40);8-10,12,14,18,20H,4-7,11,13,15-16H2,1-3H3;8-9H,6-7,12H2,1-5H3. The number of halogens is 1. The molecule has 91 heavy (non-hydrogen) atoms. The third kappa shape index (κ3) is 19.6. The summed E-state index contributed by atoms with van der Waals surface area (Å²) in [4.78, 5) is 48.4. The highest BCUT2D eigenvalue weighted by Crippen LogP contribution is 2.42. The van der Waals surface area contributed by atoms with Gasteiger partial charge in [0.25, 0.3) is 0 Å². The number of carbonyl (C=O) groups excluding carboxylic acids is 2. The molecule has 2 aromatic carbocycles. The van der Waals surface area contributed by atoms with E-state index in [4.69, 9.17) is 31.2 Å². The predicted molar refractivity (Wildman–Crippen MR) is 377 cm³/mol. The molecule has 0 radical (unpaired) electrons. The molecule has 4 aliphatic rings. The molecule has 4 aromatic heterocycles. The molecule has 496 valence electrons. The molecule has 10 rings (SSSR count). The SMILES string of the molecule is CC(C)(C)C1CCN(C(=O)CC2CCCCc3cc(-c4ccnc(Cl)n4)ccc32)C1.CC(C)(C)C1CCN(C(=O)CC2CCCCc3cc(-c4ccnc(Nc5cnn(CCO[Si](C)(C)C(C)(C)C)c5)n4)ccc32)C1.CC(C)(C)[Si](C)(C)OCCn1cc(N)cn1. The van der Waals surface area contributed by atoms with Crippen LogP contribution in [0, 0.1) is 22.7 Å². The van der Waals surface area contributed by atoms with Crippen LogP contribution in [0.4, 0.5) is 17.3 Å². The number of hydrogen-bond donors (Lipinski definition) is 2. The molecule has 4 atom stereocenters. The van der Waals surface area contributed by atoms with Gasteiger partial charge in [0.15, 0.2) is 16.6 Å². The first kappa shape index (κ1) is 71.1. The maximum atomic E-state index is 13.4. The lowest BCUT2D eigenvalue weighted by Crippen LogP contribution is -2.41. The summed E-state index contributed by atoms with van der Waals surface area (Å²) < 4.78 is 16.1. The van der Waals surface area contributed by atoms with Gasteiger partial charge in [0.05, 0.1) is 61.5 Å². The number of nitrogen functional groups attached to an aromatic ring is 1. The molecule has 0 bridgehead atoms. The van der Waals surface area contributed by atoms with E-state index in [2.05, 4.69) is 186 Å². The zero-order chi connectivity index (χ0) is 66.1. The van der Waals surface area contributed by atoms with Crippen LogP contribution in [0.2, 0.25) is 41.5 Å². The first-order chi connectivity index (χ1) is 42.7. The van der Waals surface area contributed by atoms with Crippen LogP contribution in [0.25, 0.3) is 22.5 Å². The van der Waals surface area contributed by atoms with Crippen molar-refractivity contribution in [2.24, 2.45) is 22.7 Å². The Morgan fingerprint density at radius 1 is 0.604 bits per heavy atom. The third-order valence-corrected chi connectivity index (χ3v) is 29.9. The van der Waals surface area contributed by atoms with Crippen molar-refractivity contribution in [1.82, 2.24) is 49.3 Å². The summed E-state index contributed by atoms with van der Waals surface area (Å²) in [6.07, 6.45) is 23.2. The van der Waals surface area contributed by atoms with E-state index in [1.807, 2.05) is 33.9 Å². The van der Waals surface area contributed by atoms with Crippen molar-refractivity contribution >= 4 is 57.4 Å². The highest BCUT2D eigenvalue weighted by molar-refractivity contribution is 6.74. The summed E-state index contributed by atoms with van der Waals surface area (Å²) in [6.45, 7) is 42.7. The van der Waals surface area contributed by atoms with E-state index < -0.39 is 16.6 Å². The minimum Gasteiger partial charge on any atom is -0.415 e. The number of hydrogen-bond acceptors (Lipinski definition) is 12. The van der Waals surface area contributed by atoms with E-state index in [1.54, 1.807) is 24.8 Å². The van der Waals surface area contributed by atoms with Gasteiger partial charge < -0.3 is 29.7 Å². The molecule has 3 N–H and O–H groups in total. The zero-order valence-electron chi connectivity index (χ0n) is 58.1. The van der Waals surface area contributed by atoms with E-state index in [-0.39, 0.29) is 32.1 Å². The van der Waals surface area contributed by atoms with E-state index in [1.165, 1.54) is 35.1 Å². The highest BCUT2D eigenvalue weighted by Gasteiger charge is 2.39. The Balaban J connectivity index is 0.000000198. The van der Waals surface area contributed by atoms with Gasteiger partial charge in [-0.15, -0.1) is 0 Å². The predicted octanol–water partition coefficient (Wildman–Crippen LogP) is 16.6. The summed E-state index contributed by atoms with van der Waals surface area (Å²) >= 11 is 5.98. The Labute approximate surface area is 552 Å². The van der Waals surface area contributed by atoms with Crippen molar-refractivity contribution in [3.63, 3.8) is 0 Å². The molecular weight excluding hydrogens is 1190 g/mol. The van der Waals surface area contributed by atoms with Gasteiger partial charge in [-0.05, 0) is 180 Å². The van der Waals surface area contributed by atoms with E-state index in [0.29, 0.717) is 73.8 Å². The Morgan fingerprint density at radius 2 is 1.07 bits per heavy atom. The van der Waals surface area contributed by atoms with Crippen molar-refractivity contribution in [2.75, 3.05) is 50.4 Å². The Hall–Kier alpha value is -5.80. The first-order valence-electron chi connectivity index (χ1n) is 33.7.